The van der Waals surface area contributed by atoms with E-state index in [4.69, 9.17) is 11.6 Å². The molecule has 0 unspecified atom stereocenters. The molecule has 3 rings (SSSR count). The van der Waals surface area contributed by atoms with Crippen LogP contribution in [0.5, 0.6) is 0 Å². The lowest BCUT2D eigenvalue weighted by molar-refractivity contribution is 1.82. The third kappa shape index (κ3) is 1.06. The number of fused-ring (bicyclic) bond motifs is 3. The largest absolute Gasteiger partial charge is 0.142 e. The summed E-state index contributed by atoms with van der Waals surface area (Å²) in [6.07, 6.45) is 0. The van der Waals surface area contributed by atoms with Crippen molar-refractivity contribution in [2.24, 2.45) is 0 Å². The molecule has 0 radical (unpaired) electrons. The Bertz CT molecular complexity index is 610. The van der Waals surface area contributed by atoms with Gasteiger partial charge in [0, 0.05) is 15.5 Å². The van der Waals surface area contributed by atoms with Gasteiger partial charge in [0.2, 0.25) is 0 Å². The number of rotatable bonds is 0. The average Bonchev–Trinajstić information content (AvgIpc) is 2.61. The van der Waals surface area contributed by atoms with Crippen molar-refractivity contribution in [2.45, 2.75) is 0 Å². The fourth-order valence-electron chi connectivity index (χ4n) is 1.73. The molecule has 0 saturated heterocycles. The Morgan fingerprint density at radius 3 is 2.71 bits per heavy atom. The summed E-state index contributed by atoms with van der Waals surface area (Å²) < 4.78 is 1.29. The third-order valence-electron chi connectivity index (χ3n) is 2.42. The van der Waals surface area contributed by atoms with Crippen LogP contribution in [0.3, 0.4) is 0 Å². The number of hydrogen-bond acceptors (Lipinski definition) is 1. The van der Waals surface area contributed by atoms with Gasteiger partial charge in [0.05, 0.1) is 5.02 Å². The molecule has 0 N–H and O–H groups in total. The van der Waals surface area contributed by atoms with Crippen molar-refractivity contribution in [3.05, 3.63) is 46.8 Å². The summed E-state index contributed by atoms with van der Waals surface area (Å²) in [6, 6.07) is 12.6. The molecule has 0 saturated carbocycles. The zero-order valence-corrected chi connectivity index (χ0v) is 8.90. The summed E-state index contributed by atoms with van der Waals surface area (Å²) in [5.74, 6) is 0. The molecule has 0 aliphatic carbocycles. The Hall–Kier alpha value is -1.05. The maximum atomic E-state index is 6.08. The fraction of sp³-hybridized carbons (Fsp3) is 0. The Labute approximate surface area is 90.7 Å². The molecule has 68 valence electrons. The van der Waals surface area contributed by atoms with Crippen LogP contribution >= 0.6 is 22.9 Å². The molecule has 0 bridgehead atoms. The molecule has 3 aromatic rings. The van der Waals surface area contributed by atoms with E-state index in [1.807, 2.05) is 5.38 Å². The molecule has 14 heavy (non-hydrogen) atoms. The van der Waals surface area contributed by atoms with Gasteiger partial charge < -0.3 is 0 Å². The maximum Gasteiger partial charge on any atom is 0.0591 e. The van der Waals surface area contributed by atoms with Gasteiger partial charge in [-0.05, 0) is 10.8 Å². The first-order valence-electron chi connectivity index (χ1n) is 4.41. The Morgan fingerprint density at radius 1 is 0.929 bits per heavy atom. The number of thiophene rings is 1. The highest BCUT2D eigenvalue weighted by atomic mass is 35.5. The van der Waals surface area contributed by atoms with Crippen LogP contribution in [0.1, 0.15) is 0 Å². The average molecular weight is 219 g/mol. The molecule has 0 atom stereocenters. The molecule has 0 amide bonds. The SMILES string of the molecule is Clc1csc2c1ccc1ccccc12. The minimum Gasteiger partial charge on any atom is -0.142 e. The van der Waals surface area contributed by atoms with Crippen LogP contribution in [0.25, 0.3) is 20.9 Å². The molecular formula is C12H7ClS. The van der Waals surface area contributed by atoms with Crippen LogP contribution in [-0.2, 0) is 0 Å². The monoisotopic (exact) mass is 218 g/mol. The van der Waals surface area contributed by atoms with Crippen molar-refractivity contribution in [1.82, 2.24) is 0 Å². The maximum absolute atomic E-state index is 6.08. The van der Waals surface area contributed by atoms with Gasteiger partial charge in [0.1, 0.15) is 0 Å². The van der Waals surface area contributed by atoms with Crippen molar-refractivity contribution in [3.8, 4) is 0 Å². The topological polar surface area (TPSA) is 0 Å². The second-order valence-corrected chi connectivity index (χ2v) is 4.53. The smallest absolute Gasteiger partial charge is 0.0591 e. The van der Waals surface area contributed by atoms with E-state index < -0.39 is 0 Å². The van der Waals surface area contributed by atoms with Crippen molar-refractivity contribution >= 4 is 43.8 Å². The molecule has 0 nitrogen and oxygen atoms in total. The van der Waals surface area contributed by atoms with Gasteiger partial charge in [0.25, 0.3) is 0 Å². The first-order valence-corrected chi connectivity index (χ1v) is 5.66. The molecule has 0 aliphatic heterocycles. The third-order valence-corrected chi connectivity index (χ3v) is 3.89. The standard InChI is InChI=1S/C12H7ClS/c13-11-7-14-12-9-4-2-1-3-8(9)5-6-10(11)12/h1-7H. The van der Waals surface area contributed by atoms with Crippen LogP contribution in [0.4, 0.5) is 0 Å². The summed E-state index contributed by atoms with van der Waals surface area (Å²) in [5, 5.41) is 6.59. The highest BCUT2D eigenvalue weighted by molar-refractivity contribution is 7.18. The first-order chi connectivity index (χ1) is 6.86. The number of halogens is 1. The summed E-state index contributed by atoms with van der Waals surface area (Å²) >= 11 is 7.79. The second-order valence-electron chi connectivity index (χ2n) is 3.25. The Kier molecular flexibility index (Phi) is 1.76. The van der Waals surface area contributed by atoms with Crippen molar-refractivity contribution < 1.29 is 0 Å². The van der Waals surface area contributed by atoms with Crippen LogP contribution in [0, 0.1) is 0 Å². The van der Waals surface area contributed by atoms with Crippen molar-refractivity contribution in [2.75, 3.05) is 0 Å². The van der Waals surface area contributed by atoms with Gasteiger partial charge >= 0.3 is 0 Å². The summed E-state index contributed by atoms with van der Waals surface area (Å²) in [7, 11) is 0. The van der Waals surface area contributed by atoms with E-state index in [9.17, 15) is 0 Å². The van der Waals surface area contributed by atoms with E-state index >= 15 is 0 Å². The lowest BCUT2D eigenvalue weighted by Crippen LogP contribution is -1.71. The van der Waals surface area contributed by atoms with Gasteiger partial charge in [-0.25, -0.2) is 0 Å². The van der Waals surface area contributed by atoms with Gasteiger partial charge in [0.15, 0.2) is 0 Å². The highest BCUT2D eigenvalue weighted by Crippen LogP contribution is 2.35. The molecule has 0 fully saturated rings. The van der Waals surface area contributed by atoms with Crippen LogP contribution in [0.2, 0.25) is 5.02 Å². The number of benzene rings is 2. The molecule has 2 aromatic carbocycles. The van der Waals surface area contributed by atoms with Crippen LogP contribution < -0.4 is 0 Å². The Morgan fingerprint density at radius 2 is 1.79 bits per heavy atom. The molecule has 1 aromatic heterocycles. The van der Waals surface area contributed by atoms with Gasteiger partial charge in [-0.2, -0.15) is 0 Å². The van der Waals surface area contributed by atoms with Crippen LogP contribution in [-0.4, -0.2) is 0 Å². The van der Waals surface area contributed by atoms with E-state index in [-0.39, 0.29) is 0 Å². The van der Waals surface area contributed by atoms with Gasteiger partial charge in [-0.1, -0.05) is 48.0 Å². The zero-order chi connectivity index (χ0) is 9.54. The Balaban J connectivity index is 2.61. The zero-order valence-electron chi connectivity index (χ0n) is 7.33. The lowest BCUT2D eigenvalue weighted by atomic mass is 10.1. The van der Waals surface area contributed by atoms with Crippen LogP contribution in [0.15, 0.2) is 41.8 Å². The quantitative estimate of drug-likeness (QED) is 0.513. The highest BCUT2D eigenvalue weighted by Gasteiger charge is 2.04. The molecule has 2 heteroatoms. The van der Waals surface area contributed by atoms with Crippen molar-refractivity contribution in [1.29, 1.82) is 0 Å². The summed E-state index contributed by atoms with van der Waals surface area (Å²) in [5.41, 5.74) is 0. The summed E-state index contributed by atoms with van der Waals surface area (Å²) in [6.45, 7) is 0. The molecule has 0 spiro atoms. The normalized spacial score (nSPS) is 11.2. The minimum absolute atomic E-state index is 0.857. The van der Waals surface area contributed by atoms with Gasteiger partial charge in [-0.3, -0.25) is 0 Å². The molecule has 0 aliphatic rings. The number of hydrogen-bond donors (Lipinski definition) is 0. The predicted octanol–water partition coefficient (Wildman–Crippen LogP) is 4.71. The molecular weight excluding hydrogens is 212 g/mol. The van der Waals surface area contributed by atoms with E-state index in [0.717, 1.165) is 10.4 Å². The minimum atomic E-state index is 0.857. The fourth-order valence-corrected chi connectivity index (χ4v) is 3.05. The summed E-state index contributed by atoms with van der Waals surface area (Å²) in [4.78, 5) is 0. The lowest BCUT2D eigenvalue weighted by Gasteiger charge is -1.98. The van der Waals surface area contributed by atoms with E-state index in [0.29, 0.717) is 0 Å². The predicted molar refractivity (Wildman–Crippen MR) is 64.3 cm³/mol. The van der Waals surface area contributed by atoms with E-state index in [2.05, 4.69) is 36.4 Å². The second kappa shape index (κ2) is 2.97. The van der Waals surface area contributed by atoms with E-state index in [1.165, 1.54) is 15.5 Å². The van der Waals surface area contributed by atoms with Crippen molar-refractivity contribution in [3.63, 3.8) is 0 Å². The van der Waals surface area contributed by atoms with Gasteiger partial charge in [-0.15, -0.1) is 11.3 Å². The first kappa shape index (κ1) is 8.27. The molecule has 1 heterocycles. The van der Waals surface area contributed by atoms with E-state index in [1.54, 1.807) is 11.3 Å².